The van der Waals surface area contributed by atoms with Gasteiger partial charge in [0.2, 0.25) is 0 Å². The van der Waals surface area contributed by atoms with Crippen molar-refractivity contribution in [1.82, 2.24) is 4.98 Å². The first-order valence-corrected chi connectivity index (χ1v) is 11.1. The van der Waals surface area contributed by atoms with Crippen LogP contribution in [0.4, 0.5) is 27.6 Å². The van der Waals surface area contributed by atoms with Crippen LogP contribution in [0.1, 0.15) is 31.1 Å². The predicted octanol–water partition coefficient (Wildman–Crippen LogP) is 6.12. The van der Waals surface area contributed by atoms with Gasteiger partial charge in [-0.1, -0.05) is 26.0 Å². The lowest BCUT2D eigenvalue weighted by molar-refractivity contribution is -0.256. The second-order valence-electron chi connectivity index (χ2n) is 7.98. The number of alkyl halides is 3. The second-order valence-corrected chi connectivity index (χ2v) is 9.55. The Bertz CT molecular complexity index is 1160. The smallest absolute Gasteiger partial charge is 0.420 e. The van der Waals surface area contributed by atoms with Gasteiger partial charge in [0.25, 0.3) is 0 Å². The lowest BCUT2D eigenvalue weighted by Crippen LogP contribution is -2.55. The summed E-state index contributed by atoms with van der Waals surface area (Å²) >= 11 is 0.836. The minimum atomic E-state index is -5.19. The van der Waals surface area contributed by atoms with Gasteiger partial charge in [-0.25, -0.2) is 8.78 Å². The van der Waals surface area contributed by atoms with Gasteiger partial charge in [-0.05, 0) is 42.5 Å². The number of nitrogens with zero attached hydrogens (tertiary/aromatic N) is 1. The zero-order valence-corrected chi connectivity index (χ0v) is 18.9. The molecule has 178 valence electrons. The van der Waals surface area contributed by atoms with Crippen LogP contribution in [0, 0.1) is 18.6 Å². The number of halogens is 5. The van der Waals surface area contributed by atoms with Crippen LogP contribution in [0.5, 0.6) is 5.75 Å². The number of aryl methyl sites for hydroxylation is 1. The summed E-state index contributed by atoms with van der Waals surface area (Å²) in [5.74, 6) is -5.16. The van der Waals surface area contributed by atoms with Gasteiger partial charge in [-0.15, -0.1) is 0 Å². The summed E-state index contributed by atoms with van der Waals surface area (Å²) in [7, 11) is 0. The fourth-order valence-electron chi connectivity index (χ4n) is 3.39. The molecular weight excluding hydrogens is 463 g/mol. The molecule has 0 bridgehead atoms. The molecule has 2 atom stereocenters. The second kappa shape index (κ2) is 9.34. The van der Waals surface area contributed by atoms with E-state index in [1.165, 1.54) is 6.07 Å². The third kappa shape index (κ3) is 5.01. The Hall–Kier alpha value is -2.59. The third-order valence-corrected chi connectivity index (χ3v) is 6.46. The monoisotopic (exact) mass is 486 g/mol. The summed E-state index contributed by atoms with van der Waals surface area (Å²) in [6.07, 6.45) is -5.19. The van der Waals surface area contributed by atoms with E-state index in [-0.39, 0.29) is 10.9 Å². The molecule has 3 rings (SSSR count). The number of aliphatic hydroxyl groups is 1. The Labute approximate surface area is 191 Å². The fraction of sp³-hybridized carbons (Fsp3) is 0.348. The molecule has 3 N–H and O–H groups in total. The first-order chi connectivity index (χ1) is 15.3. The van der Waals surface area contributed by atoms with Gasteiger partial charge in [-0.3, -0.25) is 4.98 Å². The Morgan fingerprint density at radius 1 is 1.06 bits per heavy atom. The number of hydrogen-bond donors (Lipinski definition) is 3. The maximum atomic E-state index is 14.9. The number of hydrogen-bond acceptors (Lipinski definition) is 5. The Morgan fingerprint density at radius 3 is 2.39 bits per heavy atom. The maximum Gasteiger partial charge on any atom is 0.420 e. The number of aromatic nitrogens is 1. The lowest BCUT2D eigenvalue weighted by atomic mass is 9.88. The largest absolute Gasteiger partial charge is 0.503 e. The predicted molar refractivity (Wildman–Crippen MR) is 119 cm³/mol. The molecule has 0 radical (unpaired) electrons. The highest BCUT2D eigenvalue weighted by atomic mass is 32.2. The molecule has 0 saturated carbocycles. The van der Waals surface area contributed by atoms with Crippen LogP contribution in [0.3, 0.4) is 0 Å². The number of nitrogens with one attached hydrogen (secondary N) is 1. The molecule has 0 saturated heterocycles. The van der Waals surface area contributed by atoms with E-state index in [1.54, 1.807) is 45.0 Å². The molecule has 2 unspecified atom stereocenters. The van der Waals surface area contributed by atoms with Crippen molar-refractivity contribution < 1.29 is 32.2 Å². The van der Waals surface area contributed by atoms with Gasteiger partial charge in [0.1, 0.15) is 0 Å². The quantitative estimate of drug-likeness (QED) is 0.352. The molecule has 0 amide bonds. The van der Waals surface area contributed by atoms with Crippen molar-refractivity contribution in [2.75, 3.05) is 11.1 Å². The van der Waals surface area contributed by atoms with Crippen molar-refractivity contribution in [2.45, 2.75) is 43.8 Å². The van der Waals surface area contributed by atoms with Crippen molar-refractivity contribution in [3.05, 3.63) is 65.4 Å². The van der Waals surface area contributed by atoms with Crippen LogP contribution in [0.2, 0.25) is 0 Å². The molecule has 0 aliphatic heterocycles. The van der Waals surface area contributed by atoms with Crippen molar-refractivity contribution in [2.24, 2.45) is 0 Å². The van der Waals surface area contributed by atoms with Crippen LogP contribution in [0.25, 0.3) is 10.9 Å². The van der Waals surface area contributed by atoms with Gasteiger partial charge in [0, 0.05) is 28.1 Å². The summed E-state index contributed by atoms with van der Waals surface area (Å²) in [5, 5.41) is 23.5. The minimum Gasteiger partial charge on any atom is -0.503 e. The number of pyridine rings is 1. The number of phenols is 1. The summed E-state index contributed by atoms with van der Waals surface area (Å²) in [6.45, 7) is 5.07. The van der Waals surface area contributed by atoms with E-state index in [2.05, 4.69) is 10.3 Å². The average Bonchev–Trinajstić information content (AvgIpc) is 2.73. The fourth-order valence-corrected chi connectivity index (χ4v) is 4.31. The highest BCUT2D eigenvalue weighted by molar-refractivity contribution is 7.99. The highest BCUT2D eigenvalue weighted by Gasteiger charge is 2.59. The minimum absolute atomic E-state index is 0.158. The molecule has 1 heterocycles. The van der Waals surface area contributed by atoms with E-state index in [0.717, 1.165) is 17.8 Å². The SMILES string of the molecule is Cc1ccc2c(NC(c3ccc(F)c(O)c3F)C(O)(CSC(C)C)C(F)(F)F)cccc2n1. The molecule has 0 fully saturated rings. The van der Waals surface area contributed by atoms with Crippen LogP contribution in [-0.2, 0) is 0 Å². The summed E-state index contributed by atoms with van der Waals surface area (Å²) < 4.78 is 71.4. The van der Waals surface area contributed by atoms with E-state index < -0.39 is 46.5 Å². The van der Waals surface area contributed by atoms with E-state index in [0.29, 0.717) is 22.7 Å². The zero-order valence-electron chi connectivity index (χ0n) is 18.0. The molecule has 0 aliphatic carbocycles. The van der Waals surface area contributed by atoms with E-state index in [1.807, 2.05) is 0 Å². The summed E-state index contributed by atoms with van der Waals surface area (Å²) in [6, 6.07) is 7.33. The molecular formula is C23H23F5N2O2S. The Morgan fingerprint density at radius 2 is 1.76 bits per heavy atom. The third-order valence-electron chi connectivity index (χ3n) is 5.18. The topological polar surface area (TPSA) is 65.4 Å². The van der Waals surface area contributed by atoms with Crippen molar-refractivity contribution in [3.63, 3.8) is 0 Å². The molecule has 0 aliphatic rings. The molecule has 33 heavy (non-hydrogen) atoms. The first-order valence-electron chi connectivity index (χ1n) is 10.1. The molecule has 4 nitrogen and oxygen atoms in total. The van der Waals surface area contributed by atoms with Gasteiger partial charge >= 0.3 is 6.18 Å². The highest BCUT2D eigenvalue weighted by Crippen LogP contribution is 2.46. The van der Waals surface area contributed by atoms with Gasteiger partial charge in [0.15, 0.2) is 23.0 Å². The molecule has 3 aromatic rings. The number of aromatic hydroxyl groups is 1. The van der Waals surface area contributed by atoms with Crippen LogP contribution >= 0.6 is 11.8 Å². The lowest BCUT2D eigenvalue weighted by Gasteiger charge is -2.39. The van der Waals surface area contributed by atoms with Crippen molar-refractivity contribution in [1.29, 1.82) is 0 Å². The maximum absolute atomic E-state index is 14.9. The summed E-state index contributed by atoms with van der Waals surface area (Å²) in [5.41, 5.74) is -2.87. The number of phenolic OH excluding ortho intramolecular Hbond substituents is 1. The first kappa shape index (κ1) is 25.0. The Kier molecular flexibility index (Phi) is 7.09. The molecule has 0 spiro atoms. The number of thioether (sulfide) groups is 1. The number of benzene rings is 2. The molecule has 2 aromatic carbocycles. The van der Waals surface area contributed by atoms with Gasteiger partial charge in [-0.2, -0.15) is 24.9 Å². The van der Waals surface area contributed by atoms with Crippen LogP contribution in [-0.4, -0.2) is 38.0 Å². The molecule has 10 heteroatoms. The Balaban J connectivity index is 2.23. The van der Waals surface area contributed by atoms with Crippen LogP contribution < -0.4 is 5.32 Å². The van der Waals surface area contributed by atoms with Crippen molar-refractivity contribution >= 4 is 28.4 Å². The van der Waals surface area contributed by atoms with E-state index in [9.17, 15) is 32.2 Å². The van der Waals surface area contributed by atoms with Crippen LogP contribution in [0.15, 0.2) is 42.5 Å². The average molecular weight is 487 g/mol. The molecule has 1 aromatic heterocycles. The number of anilines is 1. The van der Waals surface area contributed by atoms with E-state index >= 15 is 0 Å². The number of fused-ring (bicyclic) bond motifs is 1. The summed E-state index contributed by atoms with van der Waals surface area (Å²) in [4.78, 5) is 4.34. The van der Waals surface area contributed by atoms with Gasteiger partial charge in [0.05, 0.1) is 11.6 Å². The van der Waals surface area contributed by atoms with Gasteiger partial charge < -0.3 is 15.5 Å². The normalized spacial score (nSPS) is 15.0. The van der Waals surface area contributed by atoms with E-state index in [4.69, 9.17) is 0 Å². The standard InChI is InChI=1S/C23H23F5N2O2S/c1-12(2)33-11-22(32,23(26,27)28)21(15-9-10-16(24)20(31)19(15)25)30-18-6-4-5-17-14(18)8-7-13(3)29-17/h4-10,12,21,30-32H,11H2,1-3H3. The number of rotatable bonds is 7. The zero-order chi connectivity index (χ0) is 24.6. The van der Waals surface area contributed by atoms with Crippen molar-refractivity contribution in [3.8, 4) is 5.75 Å².